The number of carbonyl (C=O) groups excluding carboxylic acids is 1. The van der Waals surface area contributed by atoms with Crippen molar-refractivity contribution in [3.63, 3.8) is 0 Å². The Morgan fingerprint density at radius 3 is 2.60 bits per heavy atom. The van der Waals surface area contributed by atoms with Crippen molar-refractivity contribution in [2.45, 2.75) is 25.5 Å². The van der Waals surface area contributed by atoms with E-state index < -0.39 is 0 Å². The van der Waals surface area contributed by atoms with Gasteiger partial charge in [-0.15, -0.1) is 0 Å². The first-order valence-corrected chi connectivity index (χ1v) is 5.11. The standard InChI is InChI=1S/C12H15NO2/c1-9-12(2,8-15-9)13-11(14)10-6-4-3-5-7-10/h3-7,9H,8H2,1-2H3,(H,13,14). The number of rotatable bonds is 2. The molecule has 3 nitrogen and oxygen atoms in total. The first-order valence-electron chi connectivity index (χ1n) is 5.11. The van der Waals surface area contributed by atoms with Crippen LogP contribution in [0, 0.1) is 0 Å². The Balaban J connectivity index is 2.05. The van der Waals surface area contributed by atoms with Crippen molar-refractivity contribution in [2.24, 2.45) is 0 Å². The summed E-state index contributed by atoms with van der Waals surface area (Å²) >= 11 is 0. The van der Waals surface area contributed by atoms with Crippen molar-refractivity contribution in [2.75, 3.05) is 6.61 Å². The molecular formula is C12H15NO2. The fourth-order valence-electron chi connectivity index (χ4n) is 1.56. The minimum Gasteiger partial charge on any atom is -0.373 e. The molecule has 1 aromatic rings. The van der Waals surface area contributed by atoms with Gasteiger partial charge in [-0.05, 0) is 26.0 Å². The van der Waals surface area contributed by atoms with Gasteiger partial charge in [-0.1, -0.05) is 18.2 Å². The molecular weight excluding hydrogens is 190 g/mol. The second kappa shape index (κ2) is 3.66. The highest BCUT2D eigenvalue weighted by Crippen LogP contribution is 2.24. The summed E-state index contributed by atoms with van der Waals surface area (Å²) in [5, 5.41) is 2.99. The van der Waals surface area contributed by atoms with Crippen LogP contribution in [-0.2, 0) is 4.74 Å². The van der Waals surface area contributed by atoms with Crippen LogP contribution >= 0.6 is 0 Å². The Bertz CT molecular complexity index is 363. The van der Waals surface area contributed by atoms with Crippen molar-refractivity contribution >= 4 is 5.91 Å². The van der Waals surface area contributed by atoms with Gasteiger partial charge < -0.3 is 10.1 Å². The SMILES string of the molecule is CC1OCC1(C)NC(=O)c1ccccc1. The number of nitrogens with one attached hydrogen (secondary N) is 1. The lowest BCUT2D eigenvalue weighted by molar-refractivity contribution is -0.125. The van der Waals surface area contributed by atoms with Crippen LogP contribution in [0.1, 0.15) is 24.2 Å². The van der Waals surface area contributed by atoms with Crippen LogP contribution in [0.4, 0.5) is 0 Å². The van der Waals surface area contributed by atoms with Gasteiger partial charge in [0.25, 0.3) is 5.91 Å². The number of benzene rings is 1. The summed E-state index contributed by atoms with van der Waals surface area (Å²) in [6.45, 7) is 4.56. The molecule has 0 bridgehead atoms. The highest BCUT2D eigenvalue weighted by atomic mass is 16.5. The predicted molar refractivity (Wildman–Crippen MR) is 57.7 cm³/mol. The summed E-state index contributed by atoms with van der Waals surface area (Å²) < 4.78 is 5.27. The van der Waals surface area contributed by atoms with Crippen molar-refractivity contribution in [3.8, 4) is 0 Å². The molecule has 2 atom stereocenters. The summed E-state index contributed by atoms with van der Waals surface area (Å²) in [4.78, 5) is 11.8. The quantitative estimate of drug-likeness (QED) is 0.796. The smallest absolute Gasteiger partial charge is 0.251 e. The zero-order valence-electron chi connectivity index (χ0n) is 8.99. The van der Waals surface area contributed by atoms with Crippen LogP contribution < -0.4 is 5.32 Å². The van der Waals surface area contributed by atoms with Crippen LogP contribution in [0.25, 0.3) is 0 Å². The third-order valence-corrected chi connectivity index (χ3v) is 2.97. The summed E-state index contributed by atoms with van der Waals surface area (Å²) in [7, 11) is 0. The second-order valence-electron chi connectivity index (χ2n) is 4.19. The average molecular weight is 205 g/mol. The number of amides is 1. The molecule has 2 rings (SSSR count). The molecule has 3 heteroatoms. The minimum absolute atomic E-state index is 0.0340. The molecule has 1 aromatic carbocycles. The fourth-order valence-corrected chi connectivity index (χ4v) is 1.56. The summed E-state index contributed by atoms with van der Waals surface area (Å²) in [6.07, 6.45) is 0.0881. The van der Waals surface area contributed by atoms with E-state index in [2.05, 4.69) is 5.32 Å². The number of hydrogen-bond donors (Lipinski definition) is 1. The van der Waals surface area contributed by atoms with Gasteiger partial charge >= 0.3 is 0 Å². The minimum atomic E-state index is -0.215. The first-order chi connectivity index (χ1) is 7.12. The summed E-state index contributed by atoms with van der Waals surface area (Å²) in [5.41, 5.74) is 0.477. The van der Waals surface area contributed by atoms with E-state index in [1.54, 1.807) is 0 Å². The van der Waals surface area contributed by atoms with E-state index in [0.717, 1.165) is 0 Å². The summed E-state index contributed by atoms with van der Waals surface area (Å²) in [6, 6.07) is 9.23. The fraction of sp³-hybridized carbons (Fsp3) is 0.417. The normalized spacial score (nSPS) is 29.3. The Kier molecular flexibility index (Phi) is 2.49. The van der Waals surface area contributed by atoms with Gasteiger partial charge in [-0.3, -0.25) is 4.79 Å². The van der Waals surface area contributed by atoms with Crippen LogP contribution in [0.15, 0.2) is 30.3 Å². The number of carbonyl (C=O) groups is 1. The van der Waals surface area contributed by atoms with E-state index >= 15 is 0 Å². The number of hydrogen-bond acceptors (Lipinski definition) is 2. The molecule has 1 aliphatic rings. The molecule has 15 heavy (non-hydrogen) atoms. The molecule has 1 fully saturated rings. The van der Waals surface area contributed by atoms with Gasteiger partial charge in [0, 0.05) is 5.56 Å². The zero-order valence-corrected chi connectivity index (χ0v) is 8.99. The third-order valence-electron chi connectivity index (χ3n) is 2.97. The molecule has 0 saturated carbocycles. The average Bonchev–Trinajstić information content (AvgIpc) is 2.28. The lowest BCUT2D eigenvalue weighted by Gasteiger charge is -2.45. The molecule has 0 aliphatic carbocycles. The van der Waals surface area contributed by atoms with E-state index in [1.807, 2.05) is 44.2 Å². The molecule has 1 saturated heterocycles. The van der Waals surface area contributed by atoms with Crippen molar-refractivity contribution in [3.05, 3.63) is 35.9 Å². The maximum absolute atomic E-state index is 11.8. The Morgan fingerprint density at radius 2 is 2.13 bits per heavy atom. The van der Waals surface area contributed by atoms with Crippen LogP contribution in [0.5, 0.6) is 0 Å². The van der Waals surface area contributed by atoms with E-state index in [0.29, 0.717) is 12.2 Å². The Labute approximate surface area is 89.4 Å². The molecule has 2 unspecified atom stereocenters. The monoisotopic (exact) mass is 205 g/mol. The van der Waals surface area contributed by atoms with Crippen LogP contribution in [-0.4, -0.2) is 24.2 Å². The van der Waals surface area contributed by atoms with E-state index in [4.69, 9.17) is 4.74 Å². The van der Waals surface area contributed by atoms with Crippen molar-refractivity contribution in [1.29, 1.82) is 0 Å². The predicted octanol–water partition coefficient (Wildman–Crippen LogP) is 1.59. The Morgan fingerprint density at radius 1 is 1.47 bits per heavy atom. The largest absolute Gasteiger partial charge is 0.373 e. The molecule has 0 aromatic heterocycles. The zero-order chi connectivity index (χ0) is 10.9. The van der Waals surface area contributed by atoms with Gasteiger partial charge in [-0.2, -0.15) is 0 Å². The molecule has 1 N–H and O–H groups in total. The maximum Gasteiger partial charge on any atom is 0.251 e. The second-order valence-corrected chi connectivity index (χ2v) is 4.19. The van der Waals surface area contributed by atoms with Crippen molar-refractivity contribution in [1.82, 2.24) is 5.32 Å². The lowest BCUT2D eigenvalue weighted by Crippen LogP contribution is -2.65. The van der Waals surface area contributed by atoms with E-state index in [9.17, 15) is 4.79 Å². The summed E-state index contributed by atoms with van der Waals surface area (Å²) in [5.74, 6) is -0.0340. The number of ether oxygens (including phenoxy) is 1. The Hall–Kier alpha value is -1.35. The first kappa shape index (κ1) is 10.2. The topological polar surface area (TPSA) is 38.3 Å². The van der Waals surface area contributed by atoms with Crippen LogP contribution in [0.2, 0.25) is 0 Å². The highest BCUT2D eigenvalue weighted by Gasteiger charge is 2.42. The maximum atomic E-state index is 11.8. The molecule has 1 amide bonds. The van der Waals surface area contributed by atoms with Gasteiger partial charge in [0.15, 0.2) is 0 Å². The molecule has 1 heterocycles. The lowest BCUT2D eigenvalue weighted by atomic mass is 9.91. The molecule has 1 aliphatic heterocycles. The van der Waals surface area contributed by atoms with Gasteiger partial charge in [0.05, 0.1) is 18.2 Å². The third kappa shape index (κ3) is 1.88. The van der Waals surface area contributed by atoms with Crippen LogP contribution in [0.3, 0.4) is 0 Å². The van der Waals surface area contributed by atoms with E-state index in [-0.39, 0.29) is 17.6 Å². The van der Waals surface area contributed by atoms with Gasteiger partial charge in [0.2, 0.25) is 0 Å². The van der Waals surface area contributed by atoms with Gasteiger partial charge in [-0.25, -0.2) is 0 Å². The molecule has 0 spiro atoms. The van der Waals surface area contributed by atoms with Gasteiger partial charge in [0.1, 0.15) is 0 Å². The molecule has 80 valence electrons. The highest BCUT2D eigenvalue weighted by molar-refractivity contribution is 5.94. The van der Waals surface area contributed by atoms with Crippen molar-refractivity contribution < 1.29 is 9.53 Å². The molecule has 0 radical (unpaired) electrons. The van der Waals surface area contributed by atoms with E-state index in [1.165, 1.54) is 0 Å².